The molecule has 1 saturated carbocycles. The zero-order chi connectivity index (χ0) is 17.2. The van der Waals surface area contributed by atoms with Crippen LogP contribution in [0.2, 0.25) is 0 Å². The van der Waals surface area contributed by atoms with E-state index in [1.54, 1.807) is 11.0 Å². The molecule has 1 aliphatic carbocycles. The van der Waals surface area contributed by atoms with Gasteiger partial charge in [0.05, 0.1) is 17.8 Å². The van der Waals surface area contributed by atoms with Crippen LogP contribution in [0.15, 0.2) is 10.9 Å². The highest BCUT2D eigenvalue weighted by Crippen LogP contribution is 2.39. The van der Waals surface area contributed by atoms with Gasteiger partial charge in [-0.3, -0.25) is 9.59 Å². The van der Waals surface area contributed by atoms with Gasteiger partial charge in [-0.15, -0.1) is 4.73 Å². The van der Waals surface area contributed by atoms with Crippen molar-refractivity contribution in [3.63, 3.8) is 0 Å². The fraction of sp³-hybridized carbons (Fsp3) is 0.500. The zero-order valence-electron chi connectivity index (χ0n) is 13.8. The lowest BCUT2D eigenvalue weighted by Gasteiger charge is -2.19. The third-order valence-corrected chi connectivity index (χ3v) is 4.49. The first-order chi connectivity index (χ1) is 11.4. The molecule has 24 heavy (non-hydrogen) atoms. The summed E-state index contributed by atoms with van der Waals surface area (Å²) in [5.74, 6) is -0.532. The third-order valence-electron chi connectivity index (χ3n) is 4.49. The van der Waals surface area contributed by atoms with E-state index in [4.69, 9.17) is 4.84 Å². The van der Waals surface area contributed by atoms with Crippen LogP contribution in [0, 0.1) is 0 Å². The highest BCUT2D eigenvalue weighted by Gasteiger charge is 2.38. The summed E-state index contributed by atoms with van der Waals surface area (Å²) in [5.41, 5.74) is 1.22. The second kappa shape index (κ2) is 4.93. The standard InChI is InChI=1S/C16H18N4O4/c1-8(2)18-7-11-14(16(18)23)20(24-9(3)21)13-6-12(10-4-5-10)17-19(13)15(11)22/h6,8,10H,4-5,7H2,1-3H3. The predicted octanol–water partition coefficient (Wildman–Crippen LogP) is 0.713. The molecule has 1 amide bonds. The van der Waals surface area contributed by atoms with Gasteiger partial charge in [0.15, 0.2) is 11.3 Å². The number of fused-ring (bicyclic) bond motifs is 2. The van der Waals surface area contributed by atoms with Gasteiger partial charge in [-0.1, -0.05) is 0 Å². The zero-order valence-corrected chi connectivity index (χ0v) is 13.8. The maximum absolute atomic E-state index is 12.8. The number of carbonyl (C=O) groups excluding carboxylic acids is 2. The summed E-state index contributed by atoms with van der Waals surface area (Å²) in [6.07, 6.45) is 2.07. The third kappa shape index (κ3) is 2.05. The molecule has 2 aromatic rings. The van der Waals surface area contributed by atoms with E-state index in [0.717, 1.165) is 18.5 Å². The Kier molecular flexibility index (Phi) is 3.06. The summed E-state index contributed by atoms with van der Waals surface area (Å²) in [6, 6.07) is 1.66. The van der Waals surface area contributed by atoms with Crippen LogP contribution in [-0.2, 0) is 11.3 Å². The first-order valence-corrected chi connectivity index (χ1v) is 8.06. The van der Waals surface area contributed by atoms with Gasteiger partial charge in [-0.05, 0) is 26.7 Å². The molecule has 0 N–H and O–H groups in total. The van der Waals surface area contributed by atoms with Gasteiger partial charge in [0.25, 0.3) is 11.5 Å². The summed E-state index contributed by atoms with van der Waals surface area (Å²) in [4.78, 5) is 43.9. The Hall–Kier alpha value is -2.64. The van der Waals surface area contributed by atoms with E-state index < -0.39 is 5.97 Å². The summed E-state index contributed by atoms with van der Waals surface area (Å²) in [5, 5.41) is 4.38. The van der Waals surface area contributed by atoms with Crippen LogP contribution in [0.4, 0.5) is 0 Å². The van der Waals surface area contributed by atoms with Crippen LogP contribution in [0.3, 0.4) is 0 Å². The van der Waals surface area contributed by atoms with Crippen LogP contribution in [0.5, 0.6) is 0 Å². The molecule has 2 aromatic heterocycles. The second-order valence-electron chi connectivity index (χ2n) is 6.65. The van der Waals surface area contributed by atoms with Crippen LogP contribution >= 0.6 is 0 Å². The van der Waals surface area contributed by atoms with E-state index in [0.29, 0.717) is 17.1 Å². The molecule has 0 radical (unpaired) electrons. The van der Waals surface area contributed by atoms with Gasteiger partial charge >= 0.3 is 5.97 Å². The number of hydrogen-bond donors (Lipinski definition) is 0. The molecule has 0 saturated heterocycles. The van der Waals surface area contributed by atoms with Gasteiger partial charge in [-0.25, -0.2) is 4.79 Å². The molecule has 4 rings (SSSR count). The van der Waals surface area contributed by atoms with Crippen LogP contribution in [0.25, 0.3) is 5.65 Å². The Labute approximate surface area is 137 Å². The van der Waals surface area contributed by atoms with Crippen molar-refractivity contribution in [1.82, 2.24) is 19.2 Å². The summed E-state index contributed by atoms with van der Waals surface area (Å²) in [6.45, 7) is 5.21. The van der Waals surface area contributed by atoms with Crippen molar-refractivity contribution in [3.8, 4) is 0 Å². The fourth-order valence-electron chi connectivity index (χ4n) is 3.10. The number of nitrogens with zero attached hydrogens (tertiary/aromatic N) is 4. The van der Waals surface area contributed by atoms with Crippen LogP contribution in [0.1, 0.15) is 61.3 Å². The van der Waals surface area contributed by atoms with Crippen molar-refractivity contribution in [3.05, 3.63) is 33.4 Å². The molecule has 1 fully saturated rings. The SMILES string of the molecule is CC(=O)On1c2c(c(=O)n3nc(C4CC4)cc13)CN(C(C)C)C2=O. The molecule has 2 aliphatic rings. The number of carbonyl (C=O) groups is 2. The summed E-state index contributed by atoms with van der Waals surface area (Å²) >= 11 is 0. The molecule has 1 aliphatic heterocycles. The number of amides is 1. The Morgan fingerprint density at radius 2 is 2.04 bits per heavy atom. The second-order valence-corrected chi connectivity index (χ2v) is 6.65. The molecule has 8 heteroatoms. The Balaban J connectivity index is 2.00. The molecule has 3 heterocycles. The van der Waals surface area contributed by atoms with E-state index in [1.165, 1.54) is 16.2 Å². The summed E-state index contributed by atoms with van der Waals surface area (Å²) in [7, 11) is 0. The lowest BCUT2D eigenvalue weighted by molar-refractivity contribution is -0.141. The van der Waals surface area contributed by atoms with Crippen molar-refractivity contribution in [2.75, 3.05) is 0 Å². The van der Waals surface area contributed by atoms with Crippen LogP contribution < -0.4 is 10.4 Å². The van der Waals surface area contributed by atoms with E-state index >= 15 is 0 Å². The smallest absolute Gasteiger partial charge is 0.329 e. The molecule has 8 nitrogen and oxygen atoms in total. The van der Waals surface area contributed by atoms with Gasteiger partial charge in [0.2, 0.25) is 0 Å². The molecule has 0 unspecified atom stereocenters. The Bertz CT molecular complexity index is 936. The van der Waals surface area contributed by atoms with Crippen LogP contribution in [-0.4, -0.2) is 37.2 Å². The molecule has 0 aromatic carbocycles. The molecular weight excluding hydrogens is 312 g/mol. The fourth-order valence-corrected chi connectivity index (χ4v) is 3.10. The lowest BCUT2D eigenvalue weighted by atomic mass is 10.2. The normalized spacial score (nSPS) is 17.0. The summed E-state index contributed by atoms with van der Waals surface area (Å²) < 4.78 is 2.41. The minimum atomic E-state index is -0.562. The lowest BCUT2D eigenvalue weighted by Crippen LogP contribution is -2.33. The van der Waals surface area contributed by atoms with E-state index in [2.05, 4.69) is 5.10 Å². The minimum absolute atomic E-state index is 0.0653. The Morgan fingerprint density at radius 3 is 2.62 bits per heavy atom. The minimum Gasteiger partial charge on any atom is -0.335 e. The highest BCUT2D eigenvalue weighted by atomic mass is 16.7. The van der Waals surface area contributed by atoms with Gasteiger partial charge in [0, 0.05) is 24.9 Å². The monoisotopic (exact) mass is 330 g/mol. The van der Waals surface area contributed by atoms with Crippen molar-refractivity contribution in [2.24, 2.45) is 0 Å². The molecule has 0 atom stereocenters. The Morgan fingerprint density at radius 1 is 1.33 bits per heavy atom. The maximum atomic E-state index is 12.8. The van der Waals surface area contributed by atoms with Gasteiger partial charge in [0.1, 0.15) is 0 Å². The number of rotatable bonds is 3. The van der Waals surface area contributed by atoms with Crippen molar-refractivity contribution < 1.29 is 14.4 Å². The quantitative estimate of drug-likeness (QED) is 0.827. The molecular formula is C16H18N4O4. The first-order valence-electron chi connectivity index (χ1n) is 8.06. The van der Waals surface area contributed by atoms with E-state index in [9.17, 15) is 14.4 Å². The first kappa shape index (κ1) is 14.9. The highest BCUT2D eigenvalue weighted by molar-refractivity contribution is 5.97. The largest absolute Gasteiger partial charge is 0.335 e. The average Bonchev–Trinajstić information content (AvgIpc) is 3.15. The molecule has 126 valence electrons. The van der Waals surface area contributed by atoms with E-state index in [-0.39, 0.29) is 29.7 Å². The van der Waals surface area contributed by atoms with Gasteiger partial charge < -0.3 is 9.74 Å². The van der Waals surface area contributed by atoms with Gasteiger partial charge in [-0.2, -0.15) is 9.61 Å². The van der Waals surface area contributed by atoms with Crippen molar-refractivity contribution >= 4 is 17.5 Å². The molecule has 0 bridgehead atoms. The topological polar surface area (TPSA) is 85.9 Å². The van der Waals surface area contributed by atoms with E-state index in [1.807, 2.05) is 13.8 Å². The number of aromatic nitrogens is 3. The number of hydrogen-bond acceptors (Lipinski definition) is 5. The average molecular weight is 330 g/mol. The molecule has 0 spiro atoms. The van der Waals surface area contributed by atoms with Crippen molar-refractivity contribution in [2.45, 2.75) is 52.1 Å². The predicted molar refractivity (Wildman–Crippen MR) is 83.7 cm³/mol. The maximum Gasteiger partial charge on any atom is 0.329 e. The van der Waals surface area contributed by atoms with Crippen molar-refractivity contribution in [1.29, 1.82) is 0 Å².